The Kier molecular flexibility index (Phi) is 3.14. The van der Waals surface area contributed by atoms with Crippen molar-refractivity contribution in [2.45, 2.75) is 25.8 Å². The number of aromatic nitrogens is 1. The molecule has 0 bridgehead atoms. The molecule has 1 aliphatic carbocycles. The van der Waals surface area contributed by atoms with E-state index in [4.69, 9.17) is 5.73 Å². The Morgan fingerprint density at radius 3 is 3.05 bits per heavy atom. The zero-order valence-electron chi connectivity index (χ0n) is 11.4. The first-order valence-corrected chi connectivity index (χ1v) is 6.76. The second-order valence-corrected chi connectivity index (χ2v) is 5.16. The van der Waals surface area contributed by atoms with Gasteiger partial charge >= 0.3 is 0 Å². The number of hydrogen-bond acceptors (Lipinski definition) is 3. The Hall–Kier alpha value is -2.36. The molecule has 1 atom stereocenters. The largest absolute Gasteiger partial charge is 0.399 e. The van der Waals surface area contributed by atoms with E-state index in [2.05, 4.69) is 10.3 Å². The fraction of sp³-hybridized carbons (Fsp3) is 0.250. The van der Waals surface area contributed by atoms with E-state index in [0.717, 1.165) is 24.2 Å². The molecule has 0 aliphatic heterocycles. The van der Waals surface area contributed by atoms with Gasteiger partial charge in [0, 0.05) is 17.6 Å². The van der Waals surface area contributed by atoms with E-state index in [-0.39, 0.29) is 11.9 Å². The van der Waals surface area contributed by atoms with Gasteiger partial charge in [-0.3, -0.25) is 9.78 Å². The van der Waals surface area contributed by atoms with Crippen LogP contribution < -0.4 is 11.1 Å². The number of nitrogens with two attached hydrogens (primary N) is 1. The molecule has 1 amide bonds. The van der Waals surface area contributed by atoms with Crippen molar-refractivity contribution in [3.8, 4) is 0 Å². The number of anilines is 1. The van der Waals surface area contributed by atoms with E-state index < -0.39 is 0 Å². The number of carbonyl (C=O) groups is 1. The van der Waals surface area contributed by atoms with Gasteiger partial charge in [0.05, 0.1) is 11.6 Å². The summed E-state index contributed by atoms with van der Waals surface area (Å²) in [4.78, 5) is 16.5. The van der Waals surface area contributed by atoms with Crippen molar-refractivity contribution >= 4 is 11.6 Å². The van der Waals surface area contributed by atoms with Gasteiger partial charge in [-0.2, -0.15) is 0 Å². The Morgan fingerprint density at radius 2 is 2.25 bits per heavy atom. The minimum absolute atomic E-state index is 0.0646. The van der Waals surface area contributed by atoms with Crippen LogP contribution >= 0.6 is 0 Å². The number of nitrogens with one attached hydrogen (secondary N) is 1. The van der Waals surface area contributed by atoms with Crippen LogP contribution in [-0.2, 0) is 6.42 Å². The van der Waals surface area contributed by atoms with E-state index >= 15 is 0 Å². The SMILES string of the molecule is Cc1ncccc1C(=O)NC1CCc2cc(N)ccc21. The number of rotatable bonds is 2. The topological polar surface area (TPSA) is 68.0 Å². The Morgan fingerprint density at radius 1 is 1.40 bits per heavy atom. The van der Waals surface area contributed by atoms with Crippen LogP contribution in [0.1, 0.15) is 39.6 Å². The maximum atomic E-state index is 12.3. The number of pyridine rings is 1. The highest BCUT2D eigenvalue weighted by molar-refractivity contribution is 5.95. The molecule has 1 aromatic carbocycles. The minimum atomic E-state index is -0.0646. The fourth-order valence-corrected chi connectivity index (χ4v) is 2.75. The van der Waals surface area contributed by atoms with Gasteiger partial charge in [-0.25, -0.2) is 0 Å². The van der Waals surface area contributed by atoms with Crippen LogP contribution in [0.15, 0.2) is 36.5 Å². The van der Waals surface area contributed by atoms with Crippen LogP contribution in [0, 0.1) is 6.92 Å². The highest BCUT2D eigenvalue weighted by Gasteiger charge is 2.24. The normalized spacial score (nSPS) is 16.8. The molecule has 20 heavy (non-hydrogen) atoms. The summed E-state index contributed by atoms with van der Waals surface area (Å²) in [5, 5.41) is 3.09. The fourth-order valence-electron chi connectivity index (χ4n) is 2.75. The summed E-state index contributed by atoms with van der Waals surface area (Å²) in [6.45, 7) is 1.85. The zero-order valence-corrected chi connectivity index (χ0v) is 11.4. The number of benzene rings is 1. The molecular formula is C16H17N3O. The molecule has 1 aromatic heterocycles. The molecule has 0 spiro atoms. The van der Waals surface area contributed by atoms with Gasteiger partial charge in [0.25, 0.3) is 5.91 Å². The number of hydrogen-bond donors (Lipinski definition) is 2. The summed E-state index contributed by atoms with van der Waals surface area (Å²) in [6.07, 6.45) is 3.57. The molecule has 0 saturated heterocycles. The van der Waals surface area contributed by atoms with E-state index in [1.807, 2.05) is 25.1 Å². The summed E-state index contributed by atoms with van der Waals surface area (Å²) in [5.74, 6) is -0.0646. The van der Waals surface area contributed by atoms with Gasteiger partial charge in [0.2, 0.25) is 0 Å². The van der Waals surface area contributed by atoms with E-state index in [1.165, 1.54) is 11.1 Å². The molecule has 4 nitrogen and oxygen atoms in total. The minimum Gasteiger partial charge on any atom is -0.399 e. The van der Waals surface area contributed by atoms with Crippen LogP contribution in [0.3, 0.4) is 0 Å². The predicted molar refractivity (Wildman–Crippen MR) is 78.4 cm³/mol. The zero-order chi connectivity index (χ0) is 14.1. The first kappa shape index (κ1) is 12.7. The lowest BCUT2D eigenvalue weighted by molar-refractivity contribution is 0.0935. The second-order valence-electron chi connectivity index (χ2n) is 5.16. The van der Waals surface area contributed by atoms with Crippen molar-refractivity contribution in [3.63, 3.8) is 0 Å². The number of nitrogens with zero attached hydrogens (tertiary/aromatic N) is 1. The molecule has 4 heteroatoms. The van der Waals surface area contributed by atoms with Gasteiger partial charge in [-0.05, 0) is 55.2 Å². The summed E-state index contributed by atoms with van der Waals surface area (Å²) in [6, 6.07) is 9.55. The van der Waals surface area contributed by atoms with Crippen molar-refractivity contribution in [1.29, 1.82) is 0 Å². The standard InChI is InChI=1S/C16H17N3O/c1-10-13(3-2-8-18-10)16(20)19-15-7-4-11-9-12(17)5-6-14(11)15/h2-3,5-6,8-9,15H,4,7,17H2,1H3,(H,19,20). The molecule has 0 saturated carbocycles. The quantitative estimate of drug-likeness (QED) is 0.821. The molecule has 0 fully saturated rings. The molecule has 3 N–H and O–H groups in total. The number of amides is 1. The molecule has 2 aromatic rings. The van der Waals surface area contributed by atoms with Crippen LogP contribution in [0.5, 0.6) is 0 Å². The predicted octanol–water partition coefficient (Wildman–Crippen LogP) is 2.39. The molecule has 1 unspecified atom stereocenters. The summed E-state index contributed by atoms with van der Waals surface area (Å²) >= 11 is 0. The highest BCUT2D eigenvalue weighted by atomic mass is 16.1. The van der Waals surface area contributed by atoms with E-state index in [1.54, 1.807) is 18.3 Å². The lowest BCUT2D eigenvalue weighted by Crippen LogP contribution is -2.27. The second kappa shape index (κ2) is 4.96. The van der Waals surface area contributed by atoms with Gasteiger partial charge in [-0.15, -0.1) is 0 Å². The van der Waals surface area contributed by atoms with Gasteiger partial charge in [0.15, 0.2) is 0 Å². The Labute approximate surface area is 118 Å². The Balaban J connectivity index is 1.81. The molecule has 0 radical (unpaired) electrons. The first-order valence-electron chi connectivity index (χ1n) is 6.76. The van der Waals surface area contributed by atoms with Crippen molar-refractivity contribution < 1.29 is 4.79 Å². The van der Waals surface area contributed by atoms with Crippen LogP contribution in [0.4, 0.5) is 5.69 Å². The van der Waals surface area contributed by atoms with Crippen molar-refractivity contribution in [3.05, 3.63) is 58.9 Å². The first-order chi connectivity index (χ1) is 9.65. The van der Waals surface area contributed by atoms with Crippen LogP contribution in [-0.4, -0.2) is 10.9 Å². The maximum absolute atomic E-state index is 12.3. The molecule has 1 heterocycles. The lowest BCUT2D eigenvalue weighted by Gasteiger charge is -2.15. The van der Waals surface area contributed by atoms with Crippen molar-refractivity contribution in [1.82, 2.24) is 10.3 Å². The number of nitrogen functional groups attached to an aromatic ring is 1. The monoisotopic (exact) mass is 267 g/mol. The average Bonchev–Trinajstić information content (AvgIpc) is 2.81. The third-order valence-corrected chi connectivity index (χ3v) is 3.80. The Bertz CT molecular complexity index is 667. The smallest absolute Gasteiger partial charge is 0.253 e. The summed E-state index contributed by atoms with van der Waals surface area (Å²) in [7, 11) is 0. The van der Waals surface area contributed by atoms with Crippen LogP contribution in [0.2, 0.25) is 0 Å². The average molecular weight is 267 g/mol. The van der Waals surface area contributed by atoms with E-state index in [0.29, 0.717) is 5.56 Å². The molecule has 3 rings (SSSR count). The van der Waals surface area contributed by atoms with Crippen molar-refractivity contribution in [2.24, 2.45) is 0 Å². The third-order valence-electron chi connectivity index (χ3n) is 3.80. The number of fused-ring (bicyclic) bond motifs is 1. The molecule has 1 aliphatic rings. The lowest BCUT2D eigenvalue weighted by atomic mass is 10.1. The van der Waals surface area contributed by atoms with E-state index in [9.17, 15) is 4.79 Å². The maximum Gasteiger partial charge on any atom is 0.253 e. The molecular weight excluding hydrogens is 250 g/mol. The third kappa shape index (κ3) is 2.25. The van der Waals surface area contributed by atoms with Crippen LogP contribution in [0.25, 0.3) is 0 Å². The van der Waals surface area contributed by atoms with Crippen molar-refractivity contribution in [2.75, 3.05) is 5.73 Å². The highest BCUT2D eigenvalue weighted by Crippen LogP contribution is 2.32. The summed E-state index contributed by atoms with van der Waals surface area (Å²) in [5.41, 5.74) is 10.4. The molecule has 102 valence electrons. The van der Waals surface area contributed by atoms with Gasteiger partial charge in [-0.1, -0.05) is 6.07 Å². The number of aryl methyl sites for hydroxylation is 2. The number of carbonyl (C=O) groups excluding carboxylic acids is 1. The van der Waals surface area contributed by atoms with Gasteiger partial charge in [0.1, 0.15) is 0 Å². The van der Waals surface area contributed by atoms with Gasteiger partial charge < -0.3 is 11.1 Å². The summed E-state index contributed by atoms with van der Waals surface area (Å²) < 4.78 is 0.